The molecule has 1 saturated carbocycles. The van der Waals surface area contributed by atoms with Crippen molar-refractivity contribution in [3.63, 3.8) is 0 Å². The van der Waals surface area contributed by atoms with E-state index in [9.17, 15) is 14.3 Å². The van der Waals surface area contributed by atoms with Gasteiger partial charge in [-0.05, 0) is 71.6 Å². The van der Waals surface area contributed by atoms with Gasteiger partial charge in [-0.15, -0.1) is 0 Å². The molecule has 23 heavy (non-hydrogen) atoms. The number of carboxylic acid groups (broad SMARTS) is 1. The van der Waals surface area contributed by atoms with Gasteiger partial charge in [0.05, 0.1) is 6.04 Å². The second-order valence-electron chi connectivity index (χ2n) is 6.67. The summed E-state index contributed by atoms with van der Waals surface area (Å²) in [4.78, 5) is 11.2. The number of amides is 1. The van der Waals surface area contributed by atoms with Crippen molar-refractivity contribution in [1.82, 2.24) is 5.32 Å². The molecule has 4 heteroatoms. The number of carbonyl (C=O) groups is 1. The van der Waals surface area contributed by atoms with Gasteiger partial charge in [0.2, 0.25) is 0 Å². The van der Waals surface area contributed by atoms with Crippen LogP contribution in [0.25, 0.3) is 11.1 Å². The fourth-order valence-electron chi connectivity index (χ4n) is 3.85. The predicted molar refractivity (Wildman–Crippen MR) is 85.7 cm³/mol. The van der Waals surface area contributed by atoms with E-state index >= 15 is 0 Å². The molecule has 2 aliphatic rings. The average Bonchev–Trinajstić information content (AvgIpc) is 3.30. The Bertz CT molecular complexity index is 783. The summed E-state index contributed by atoms with van der Waals surface area (Å²) in [6.45, 7) is 0. The zero-order valence-corrected chi connectivity index (χ0v) is 12.7. The van der Waals surface area contributed by atoms with Crippen molar-refractivity contribution in [2.24, 2.45) is 5.41 Å². The summed E-state index contributed by atoms with van der Waals surface area (Å²) in [6.07, 6.45) is 3.18. The lowest BCUT2D eigenvalue weighted by Crippen LogP contribution is -2.36. The van der Waals surface area contributed by atoms with Gasteiger partial charge in [0.15, 0.2) is 0 Å². The van der Waals surface area contributed by atoms with Gasteiger partial charge >= 0.3 is 6.09 Å². The Labute approximate surface area is 134 Å². The first-order valence-electron chi connectivity index (χ1n) is 7.96. The highest BCUT2D eigenvalue weighted by molar-refractivity contribution is 5.68. The van der Waals surface area contributed by atoms with Crippen LogP contribution in [0.1, 0.15) is 36.4 Å². The minimum absolute atomic E-state index is 0.0892. The molecule has 4 rings (SSSR count). The number of fused-ring (bicyclic) bond motifs is 1. The lowest BCUT2D eigenvalue weighted by Gasteiger charge is -2.34. The van der Waals surface area contributed by atoms with E-state index in [-0.39, 0.29) is 17.3 Å². The quantitative estimate of drug-likeness (QED) is 0.856. The summed E-state index contributed by atoms with van der Waals surface area (Å²) < 4.78 is 13.5. The van der Waals surface area contributed by atoms with Crippen LogP contribution in [0.15, 0.2) is 42.5 Å². The van der Waals surface area contributed by atoms with Crippen molar-refractivity contribution in [3.05, 3.63) is 59.4 Å². The first kappa shape index (κ1) is 14.2. The van der Waals surface area contributed by atoms with E-state index in [1.807, 2.05) is 18.2 Å². The Morgan fingerprint density at radius 2 is 1.91 bits per heavy atom. The second-order valence-corrected chi connectivity index (χ2v) is 6.67. The van der Waals surface area contributed by atoms with Gasteiger partial charge in [-0.1, -0.05) is 24.3 Å². The topological polar surface area (TPSA) is 49.3 Å². The molecule has 1 spiro atoms. The van der Waals surface area contributed by atoms with Gasteiger partial charge in [0, 0.05) is 0 Å². The van der Waals surface area contributed by atoms with Crippen molar-refractivity contribution < 1.29 is 14.3 Å². The van der Waals surface area contributed by atoms with Crippen LogP contribution in [0.5, 0.6) is 0 Å². The molecule has 1 fully saturated rings. The number of rotatable bonds is 2. The molecule has 2 N–H and O–H groups in total. The lowest BCUT2D eigenvalue weighted by atomic mass is 9.76. The van der Waals surface area contributed by atoms with Gasteiger partial charge in [-0.3, -0.25) is 0 Å². The van der Waals surface area contributed by atoms with Crippen LogP contribution >= 0.6 is 0 Å². The normalized spacial score (nSPS) is 20.8. The minimum atomic E-state index is -0.981. The van der Waals surface area contributed by atoms with E-state index in [4.69, 9.17) is 0 Å². The molecule has 118 valence electrons. The van der Waals surface area contributed by atoms with E-state index in [0.29, 0.717) is 0 Å². The monoisotopic (exact) mass is 311 g/mol. The fraction of sp³-hybridized carbons (Fsp3) is 0.316. The van der Waals surface area contributed by atoms with E-state index in [1.54, 1.807) is 6.07 Å². The number of benzene rings is 2. The fourth-order valence-corrected chi connectivity index (χ4v) is 3.85. The van der Waals surface area contributed by atoms with Crippen LogP contribution in [-0.2, 0) is 6.42 Å². The van der Waals surface area contributed by atoms with Crippen molar-refractivity contribution in [3.8, 4) is 11.1 Å². The summed E-state index contributed by atoms with van der Waals surface area (Å²) in [5, 5.41) is 11.9. The number of aryl methyl sites for hydroxylation is 1. The molecule has 1 atom stereocenters. The highest BCUT2D eigenvalue weighted by Gasteiger charge is 2.52. The molecular formula is C19H18FNO2. The highest BCUT2D eigenvalue weighted by Crippen LogP contribution is 2.61. The van der Waals surface area contributed by atoms with E-state index < -0.39 is 6.09 Å². The first-order valence-corrected chi connectivity index (χ1v) is 7.96. The minimum Gasteiger partial charge on any atom is -0.465 e. The zero-order chi connectivity index (χ0) is 16.0. The Morgan fingerprint density at radius 1 is 1.13 bits per heavy atom. The molecule has 0 heterocycles. The Morgan fingerprint density at radius 3 is 2.61 bits per heavy atom. The van der Waals surface area contributed by atoms with E-state index in [0.717, 1.165) is 42.4 Å². The molecule has 0 bridgehead atoms. The van der Waals surface area contributed by atoms with E-state index in [1.165, 1.54) is 17.7 Å². The number of hydrogen-bond donors (Lipinski definition) is 2. The average molecular weight is 311 g/mol. The van der Waals surface area contributed by atoms with Crippen LogP contribution in [0.2, 0.25) is 0 Å². The van der Waals surface area contributed by atoms with Crippen molar-refractivity contribution in [2.45, 2.75) is 31.7 Å². The van der Waals surface area contributed by atoms with Crippen molar-refractivity contribution in [2.75, 3.05) is 0 Å². The molecule has 2 aromatic carbocycles. The highest BCUT2D eigenvalue weighted by atomic mass is 19.1. The number of halogens is 1. The summed E-state index contributed by atoms with van der Waals surface area (Å²) in [6, 6.07) is 12.4. The third-order valence-corrected chi connectivity index (χ3v) is 5.28. The molecular weight excluding hydrogens is 293 g/mol. The van der Waals surface area contributed by atoms with Crippen LogP contribution in [0.4, 0.5) is 9.18 Å². The molecule has 1 unspecified atom stereocenters. The predicted octanol–water partition coefficient (Wildman–Crippen LogP) is 4.53. The number of nitrogens with one attached hydrogen (secondary N) is 1. The van der Waals surface area contributed by atoms with Crippen LogP contribution < -0.4 is 5.32 Å². The summed E-state index contributed by atoms with van der Waals surface area (Å²) >= 11 is 0. The largest absolute Gasteiger partial charge is 0.465 e. The molecule has 0 aliphatic heterocycles. The SMILES string of the molecule is O=C(O)NC1c2cc(-c3cccc(F)c3)ccc2CCC12CC2. The Hall–Kier alpha value is -2.36. The molecule has 0 saturated heterocycles. The lowest BCUT2D eigenvalue weighted by molar-refractivity contribution is 0.178. The Kier molecular flexibility index (Phi) is 3.15. The molecule has 0 aromatic heterocycles. The van der Waals surface area contributed by atoms with Crippen LogP contribution in [-0.4, -0.2) is 11.2 Å². The van der Waals surface area contributed by atoms with Gasteiger partial charge in [-0.25, -0.2) is 9.18 Å². The smallest absolute Gasteiger partial charge is 0.405 e. The summed E-state index contributed by atoms with van der Waals surface area (Å²) in [7, 11) is 0. The van der Waals surface area contributed by atoms with Gasteiger partial charge in [0.25, 0.3) is 0 Å². The summed E-state index contributed by atoms with van der Waals surface area (Å²) in [5.41, 5.74) is 4.08. The van der Waals surface area contributed by atoms with Gasteiger partial charge in [-0.2, -0.15) is 0 Å². The zero-order valence-electron chi connectivity index (χ0n) is 12.7. The molecule has 2 aliphatic carbocycles. The van der Waals surface area contributed by atoms with Crippen molar-refractivity contribution >= 4 is 6.09 Å². The molecule has 3 nitrogen and oxygen atoms in total. The standard InChI is InChI=1S/C19H18FNO2/c20-15-3-1-2-13(10-15)14-5-4-12-6-7-19(8-9-19)17(16(12)11-14)21-18(22)23/h1-5,10-11,17,21H,6-9H2,(H,22,23). The number of hydrogen-bond acceptors (Lipinski definition) is 1. The van der Waals surface area contributed by atoms with Gasteiger partial charge in [0.1, 0.15) is 5.82 Å². The third kappa shape index (κ3) is 2.48. The Balaban J connectivity index is 1.78. The van der Waals surface area contributed by atoms with Crippen LogP contribution in [0.3, 0.4) is 0 Å². The van der Waals surface area contributed by atoms with Gasteiger partial charge < -0.3 is 10.4 Å². The van der Waals surface area contributed by atoms with Crippen LogP contribution in [0, 0.1) is 11.2 Å². The molecule has 2 aromatic rings. The third-order valence-electron chi connectivity index (χ3n) is 5.28. The maximum atomic E-state index is 13.5. The molecule has 1 amide bonds. The maximum Gasteiger partial charge on any atom is 0.405 e. The maximum absolute atomic E-state index is 13.5. The van der Waals surface area contributed by atoms with Crippen molar-refractivity contribution in [1.29, 1.82) is 0 Å². The first-order chi connectivity index (χ1) is 11.1. The summed E-state index contributed by atoms with van der Waals surface area (Å²) in [5.74, 6) is -0.265. The molecule has 0 radical (unpaired) electrons. The van der Waals surface area contributed by atoms with E-state index in [2.05, 4.69) is 11.4 Å². The second kappa shape index (κ2) is 5.08.